The van der Waals surface area contributed by atoms with E-state index in [0.29, 0.717) is 23.6 Å². The van der Waals surface area contributed by atoms with E-state index in [1.807, 2.05) is 13.0 Å². The maximum atomic E-state index is 11.9. The van der Waals surface area contributed by atoms with Gasteiger partial charge in [-0.1, -0.05) is 24.1 Å². The van der Waals surface area contributed by atoms with Crippen molar-refractivity contribution in [1.82, 2.24) is 0 Å². The number of rotatable bonds is 4. The number of hydrogen-bond acceptors (Lipinski definition) is 2. The summed E-state index contributed by atoms with van der Waals surface area (Å²) in [5.74, 6) is -1.18. The van der Waals surface area contributed by atoms with Crippen LogP contribution >= 0.6 is 11.6 Å². The second-order valence-electron chi connectivity index (χ2n) is 5.15. The van der Waals surface area contributed by atoms with Crippen molar-refractivity contribution >= 4 is 29.2 Å². The average molecular weight is 282 g/mol. The Balaban J connectivity index is 2.03. The molecule has 0 spiro atoms. The van der Waals surface area contributed by atoms with Gasteiger partial charge in [0.05, 0.1) is 16.1 Å². The van der Waals surface area contributed by atoms with Gasteiger partial charge in [-0.25, -0.2) is 0 Å². The summed E-state index contributed by atoms with van der Waals surface area (Å²) >= 11 is 6.02. The molecule has 5 heteroatoms. The molecule has 2 rings (SSSR count). The lowest BCUT2D eigenvalue weighted by molar-refractivity contribution is -0.157. The molecule has 1 aliphatic carbocycles. The van der Waals surface area contributed by atoms with E-state index in [-0.39, 0.29) is 12.3 Å². The second kappa shape index (κ2) is 5.21. The van der Waals surface area contributed by atoms with Crippen LogP contribution in [-0.4, -0.2) is 17.0 Å². The summed E-state index contributed by atoms with van der Waals surface area (Å²) in [5, 5.41) is 12.3. The number of nitrogens with one attached hydrogen (secondary N) is 1. The van der Waals surface area contributed by atoms with Crippen LogP contribution < -0.4 is 5.32 Å². The Morgan fingerprint density at radius 2 is 2.11 bits per heavy atom. The van der Waals surface area contributed by atoms with Crippen molar-refractivity contribution in [2.45, 2.75) is 32.6 Å². The zero-order valence-corrected chi connectivity index (χ0v) is 11.5. The fourth-order valence-corrected chi connectivity index (χ4v) is 2.58. The van der Waals surface area contributed by atoms with Gasteiger partial charge in [-0.2, -0.15) is 0 Å². The van der Waals surface area contributed by atoms with E-state index in [1.165, 1.54) is 0 Å². The van der Waals surface area contributed by atoms with Gasteiger partial charge >= 0.3 is 5.97 Å². The van der Waals surface area contributed by atoms with Crippen LogP contribution in [0.4, 0.5) is 5.69 Å². The molecule has 4 nitrogen and oxygen atoms in total. The lowest BCUT2D eigenvalue weighted by Gasteiger charge is -2.36. The molecule has 0 radical (unpaired) electrons. The molecular formula is C14H16ClNO3. The van der Waals surface area contributed by atoms with Gasteiger partial charge in [0.1, 0.15) is 0 Å². The van der Waals surface area contributed by atoms with Crippen molar-refractivity contribution < 1.29 is 14.7 Å². The molecular weight excluding hydrogens is 266 g/mol. The third kappa shape index (κ3) is 2.89. The number of halogens is 1. The number of benzene rings is 1. The maximum Gasteiger partial charge on any atom is 0.310 e. The van der Waals surface area contributed by atoms with Gasteiger partial charge in [-0.05, 0) is 37.5 Å². The number of anilines is 1. The highest BCUT2D eigenvalue weighted by Gasteiger charge is 2.45. The van der Waals surface area contributed by atoms with Crippen LogP contribution in [0.25, 0.3) is 0 Å². The third-order valence-electron chi connectivity index (χ3n) is 3.66. The fourth-order valence-electron chi connectivity index (χ4n) is 2.29. The normalized spacial score (nSPS) is 16.5. The van der Waals surface area contributed by atoms with E-state index in [2.05, 4.69) is 5.32 Å². The van der Waals surface area contributed by atoms with Gasteiger partial charge in [0.2, 0.25) is 5.91 Å². The summed E-state index contributed by atoms with van der Waals surface area (Å²) < 4.78 is 0. The van der Waals surface area contributed by atoms with Crippen LogP contribution in [0.15, 0.2) is 18.2 Å². The van der Waals surface area contributed by atoms with Crippen LogP contribution in [0.1, 0.15) is 31.2 Å². The number of carboxylic acids is 1. The Hall–Kier alpha value is -1.55. The summed E-state index contributed by atoms with van der Waals surface area (Å²) in [7, 11) is 0. The molecule has 0 unspecified atom stereocenters. The summed E-state index contributed by atoms with van der Waals surface area (Å²) in [5.41, 5.74) is 0.655. The first kappa shape index (κ1) is 13.9. The van der Waals surface area contributed by atoms with Crippen LogP contribution in [0.5, 0.6) is 0 Å². The fraction of sp³-hybridized carbons (Fsp3) is 0.429. The molecule has 1 fully saturated rings. The van der Waals surface area contributed by atoms with E-state index < -0.39 is 11.4 Å². The highest BCUT2D eigenvalue weighted by atomic mass is 35.5. The largest absolute Gasteiger partial charge is 0.481 e. The number of carbonyl (C=O) groups excluding carboxylic acids is 1. The first-order valence-corrected chi connectivity index (χ1v) is 6.60. The minimum atomic E-state index is -0.885. The minimum absolute atomic E-state index is 0.00649. The number of aryl methyl sites for hydroxylation is 1. The van der Waals surface area contributed by atoms with Crippen LogP contribution in [0, 0.1) is 12.3 Å². The molecule has 0 heterocycles. The molecule has 0 saturated heterocycles. The van der Waals surface area contributed by atoms with Gasteiger partial charge < -0.3 is 10.4 Å². The number of aliphatic carboxylic acids is 1. The van der Waals surface area contributed by atoms with E-state index >= 15 is 0 Å². The molecule has 0 bridgehead atoms. The molecule has 2 N–H and O–H groups in total. The lowest BCUT2D eigenvalue weighted by atomic mass is 9.66. The number of carbonyl (C=O) groups is 2. The topological polar surface area (TPSA) is 66.4 Å². The SMILES string of the molecule is Cc1ccc(NC(=O)CC2(C(=O)O)CCC2)c(Cl)c1. The summed E-state index contributed by atoms with van der Waals surface area (Å²) in [6, 6.07) is 5.33. The van der Waals surface area contributed by atoms with Crippen molar-refractivity contribution in [1.29, 1.82) is 0 Å². The van der Waals surface area contributed by atoms with Crippen molar-refractivity contribution in [3.63, 3.8) is 0 Å². The first-order valence-electron chi connectivity index (χ1n) is 6.22. The quantitative estimate of drug-likeness (QED) is 0.890. The Bertz CT molecular complexity index is 523. The Labute approximate surface area is 116 Å². The molecule has 0 aromatic heterocycles. The van der Waals surface area contributed by atoms with Crippen LogP contribution in [0.3, 0.4) is 0 Å². The predicted octanol–water partition coefficient (Wildman–Crippen LogP) is 3.23. The average Bonchev–Trinajstić information content (AvgIpc) is 2.27. The highest BCUT2D eigenvalue weighted by Crippen LogP contribution is 2.44. The zero-order chi connectivity index (χ0) is 14.0. The van der Waals surface area contributed by atoms with Crippen molar-refractivity contribution in [3.8, 4) is 0 Å². The Morgan fingerprint density at radius 1 is 1.42 bits per heavy atom. The van der Waals surface area contributed by atoms with Gasteiger partial charge in [-0.15, -0.1) is 0 Å². The van der Waals surface area contributed by atoms with E-state index in [4.69, 9.17) is 11.6 Å². The van der Waals surface area contributed by atoms with E-state index in [1.54, 1.807) is 12.1 Å². The molecule has 1 aliphatic rings. The van der Waals surface area contributed by atoms with Crippen molar-refractivity contribution in [2.75, 3.05) is 5.32 Å². The van der Waals surface area contributed by atoms with Gasteiger partial charge in [0.25, 0.3) is 0 Å². The third-order valence-corrected chi connectivity index (χ3v) is 3.97. The summed E-state index contributed by atoms with van der Waals surface area (Å²) in [4.78, 5) is 23.1. The molecule has 1 aromatic carbocycles. The summed E-state index contributed by atoms with van der Waals surface area (Å²) in [6.07, 6.45) is 2.01. The number of hydrogen-bond donors (Lipinski definition) is 2. The minimum Gasteiger partial charge on any atom is -0.481 e. The summed E-state index contributed by atoms with van der Waals surface area (Å²) in [6.45, 7) is 1.91. The first-order chi connectivity index (χ1) is 8.93. The molecule has 1 aromatic rings. The number of carboxylic acid groups (broad SMARTS) is 1. The van der Waals surface area contributed by atoms with Crippen LogP contribution in [-0.2, 0) is 9.59 Å². The van der Waals surface area contributed by atoms with E-state index in [0.717, 1.165) is 12.0 Å². The maximum absolute atomic E-state index is 11.9. The molecule has 0 aliphatic heterocycles. The predicted molar refractivity (Wildman–Crippen MR) is 73.4 cm³/mol. The van der Waals surface area contributed by atoms with Gasteiger partial charge in [0.15, 0.2) is 0 Å². The van der Waals surface area contributed by atoms with Crippen molar-refractivity contribution in [3.05, 3.63) is 28.8 Å². The van der Waals surface area contributed by atoms with E-state index in [9.17, 15) is 14.7 Å². The molecule has 19 heavy (non-hydrogen) atoms. The highest BCUT2D eigenvalue weighted by molar-refractivity contribution is 6.33. The lowest BCUT2D eigenvalue weighted by Crippen LogP contribution is -2.41. The smallest absolute Gasteiger partial charge is 0.310 e. The standard InChI is InChI=1S/C14H16ClNO3/c1-9-3-4-11(10(15)7-9)16-12(17)8-14(13(18)19)5-2-6-14/h3-4,7H,2,5-6,8H2,1H3,(H,16,17)(H,18,19). The number of amides is 1. The molecule has 0 atom stereocenters. The second-order valence-corrected chi connectivity index (χ2v) is 5.55. The molecule has 1 amide bonds. The Morgan fingerprint density at radius 3 is 2.58 bits per heavy atom. The molecule has 1 saturated carbocycles. The zero-order valence-electron chi connectivity index (χ0n) is 10.7. The van der Waals surface area contributed by atoms with Gasteiger partial charge in [-0.3, -0.25) is 9.59 Å². The molecule has 102 valence electrons. The Kier molecular flexibility index (Phi) is 3.80. The monoisotopic (exact) mass is 281 g/mol. The van der Waals surface area contributed by atoms with Crippen molar-refractivity contribution in [2.24, 2.45) is 5.41 Å². The van der Waals surface area contributed by atoms with Crippen LogP contribution in [0.2, 0.25) is 5.02 Å². The van der Waals surface area contributed by atoms with Gasteiger partial charge in [0, 0.05) is 6.42 Å².